The van der Waals surface area contributed by atoms with Gasteiger partial charge in [-0.15, -0.1) is 0 Å². The van der Waals surface area contributed by atoms with Crippen LogP contribution in [0.25, 0.3) is 0 Å². The molecule has 0 amide bonds. The number of nitro groups is 1. The number of hydrogen-bond donors (Lipinski definition) is 2. The largest absolute Gasteiger partial charge is 0.353 e. The summed E-state index contributed by atoms with van der Waals surface area (Å²) in [6.07, 6.45) is 1.22. The quantitative estimate of drug-likeness (QED) is 0.531. The Morgan fingerprint density at radius 1 is 1.00 bits per heavy atom. The van der Waals surface area contributed by atoms with Gasteiger partial charge in [0.05, 0.1) is 4.92 Å². The lowest BCUT2D eigenvalue weighted by atomic mass is 10.2. The highest BCUT2D eigenvalue weighted by Crippen LogP contribution is 2.33. The van der Waals surface area contributed by atoms with E-state index in [1.54, 1.807) is 6.07 Å². The van der Waals surface area contributed by atoms with Crippen LogP contribution in [0.3, 0.4) is 0 Å². The zero-order valence-electron chi connectivity index (χ0n) is 13.2. The smallest absolute Gasteiger partial charge is 0.334 e. The van der Waals surface area contributed by atoms with Crippen LogP contribution >= 0.6 is 0 Å². The maximum Gasteiger partial charge on any atom is 0.353 e. The van der Waals surface area contributed by atoms with Gasteiger partial charge in [-0.1, -0.05) is 12.1 Å². The maximum atomic E-state index is 13.0. The van der Waals surface area contributed by atoms with E-state index in [9.17, 15) is 14.5 Å². The highest BCUT2D eigenvalue weighted by Gasteiger charge is 2.23. The zero-order chi connectivity index (χ0) is 17.8. The minimum absolute atomic E-state index is 0.0155. The van der Waals surface area contributed by atoms with Crippen LogP contribution in [-0.4, -0.2) is 14.9 Å². The van der Waals surface area contributed by atoms with Crippen molar-refractivity contribution < 1.29 is 9.31 Å². The average Bonchev–Trinajstić information content (AvgIpc) is 2.57. The molecule has 0 spiro atoms. The summed E-state index contributed by atoms with van der Waals surface area (Å²) in [5, 5.41) is 17.3. The van der Waals surface area contributed by atoms with E-state index in [0.29, 0.717) is 11.4 Å². The van der Waals surface area contributed by atoms with Gasteiger partial charge in [-0.05, 0) is 48.9 Å². The lowest BCUT2D eigenvalue weighted by Crippen LogP contribution is -2.05. The first kappa shape index (κ1) is 16.3. The number of aromatic nitrogens is 2. The fraction of sp³-hybridized carbons (Fsp3) is 0.0588. The normalized spacial score (nSPS) is 10.3. The third-order valence-corrected chi connectivity index (χ3v) is 3.39. The first-order chi connectivity index (χ1) is 12.0. The molecule has 0 radical (unpaired) electrons. The molecule has 1 heterocycles. The Kier molecular flexibility index (Phi) is 4.51. The molecule has 0 saturated carbocycles. The van der Waals surface area contributed by atoms with Crippen LogP contribution in [0, 0.1) is 22.9 Å². The minimum atomic E-state index is -0.565. The van der Waals surface area contributed by atoms with Crippen molar-refractivity contribution in [2.24, 2.45) is 0 Å². The molecule has 0 fully saturated rings. The van der Waals surface area contributed by atoms with E-state index < -0.39 is 10.7 Å². The summed E-state index contributed by atoms with van der Waals surface area (Å²) < 4.78 is 13.0. The second kappa shape index (κ2) is 6.91. The lowest BCUT2D eigenvalue weighted by Gasteiger charge is -2.10. The highest BCUT2D eigenvalue weighted by molar-refractivity contribution is 5.76. The molecule has 2 N–H and O–H groups in total. The molecule has 0 aliphatic carbocycles. The monoisotopic (exact) mass is 339 g/mol. The minimum Gasteiger partial charge on any atom is -0.334 e. The van der Waals surface area contributed by atoms with Crippen LogP contribution in [0.15, 0.2) is 54.9 Å². The van der Waals surface area contributed by atoms with Crippen molar-refractivity contribution in [1.82, 2.24) is 9.97 Å². The molecule has 25 heavy (non-hydrogen) atoms. The van der Waals surface area contributed by atoms with Crippen molar-refractivity contribution in [1.29, 1.82) is 0 Å². The molecular weight excluding hydrogens is 325 g/mol. The van der Waals surface area contributed by atoms with Gasteiger partial charge in [0.25, 0.3) is 0 Å². The van der Waals surface area contributed by atoms with E-state index in [2.05, 4.69) is 20.6 Å². The van der Waals surface area contributed by atoms with Crippen LogP contribution in [0.4, 0.5) is 33.1 Å². The van der Waals surface area contributed by atoms with Gasteiger partial charge in [0.2, 0.25) is 11.6 Å². The predicted octanol–water partition coefficient (Wildman–Crippen LogP) is 4.32. The summed E-state index contributed by atoms with van der Waals surface area (Å²) in [6.45, 7) is 1.92. The number of anilines is 4. The maximum absolute atomic E-state index is 13.0. The summed E-state index contributed by atoms with van der Waals surface area (Å²) in [5.74, 6) is -0.318. The van der Waals surface area contributed by atoms with Crippen LogP contribution in [-0.2, 0) is 0 Å². The predicted molar refractivity (Wildman–Crippen MR) is 92.8 cm³/mol. The van der Waals surface area contributed by atoms with E-state index in [1.165, 1.54) is 30.6 Å². The summed E-state index contributed by atoms with van der Waals surface area (Å²) in [4.78, 5) is 18.9. The second-order valence-electron chi connectivity index (χ2n) is 5.30. The van der Waals surface area contributed by atoms with Gasteiger partial charge in [-0.3, -0.25) is 10.1 Å². The van der Waals surface area contributed by atoms with Crippen molar-refractivity contribution in [2.75, 3.05) is 10.6 Å². The number of rotatable bonds is 5. The van der Waals surface area contributed by atoms with Crippen LogP contribution < -0.4 is 10.6 Å². The fourth-order valence-corrected chi connectivity index (χ4v) is 2.26. The molecule has 126 valence electrons. The molecular formula is C17H14FN5O2. The third kappa shape index (κ3) is 3.86. The molecule has 1 aromatic heterocycles. The van der Waals surface area contributed by atoms with E-state index in [-0.39, 0.29) is 17.3 Å². The van der Waals surface area contributed by atoms with Gasteiger partial charge in [0.15, 0.2) is 0 Å². The summed E-state index contributed by atoms with van der Waals surface area (Å²) in [7, 11) is 0. The molecule has 8 heteroatoms. The van der Waals surface area contributed by atoms with E-state index in [1.807, 2.05) is 25.1 Å². The SMILES string of the molecule is Cc1cccc(Nc2ncnc(Nc3ccc(F)cc3)c2[N+](=O)[O-])c1. The van der Waals surface area contributed by atoms with E-state index in [0.717, 1.165) is 5.56 Å². The summed E-state index contributed by atoms with van der Waals surface area (Å²) >= 11 is 0. The molecule has 3 rings (SSSR count). The Bertz CT molecular complexity index is 915. The molecule has 0 atom stereocenters. The van der Waals surface area contributed by atoms with Crippen molar-refractivity contribution >= 4 is 28.7 Å². The molecule has 2 aromatic carbocycles. The standard InChI is InChI=1S/C17H14FN5O2/c1-11-3-2-4-14(9-11)22-17-15(23(24)25)16(19-10-20-17)21-13-7-5-12(18)6-8-13/h2-10H,1H3,(H2,19,20,21,22). The van der Waals surface area contributed by atoms with Gasteiger partial charge in [0, 0.05) is 11.4 Å². The Labute approximate surface area is 142 Å². The molecule has 7 nitrogen and oxygen atoms in total. The van der Waals surface area contributed by atoms with Crippen molar-refractivity contribution in [3.63, 3.8) is 0 Å². The Morgan fingerprint density at radius 2 is 1.64 bits per heavy atom. The summed E-state index contributed by atoms with van der Waals surface area (Å²) in [5.41, 5.74) is 1.86. The molecule has 3 aromatic rings. The summed E-state index contributed by atoms with van der Waals surface area (Å²) in [6, 6.07) is 12.8. The number of benzene rings is 2. The van der Waals surface area contributed by atoms with Gasteiger partial charge in [-0.2, -0.15) is 0 Å². The van der Waals surface area contributed by atoms with Gasteiger partial charge in [-0.25, -0.2) is 14.4 Å². The third-order valence-electron chi connectivity index (χ3n) is 3.39. The number of nitrogens with zero attached hydrogens (tertiary/aromatic N) is 3. The molecule has 0 aliphatic heterocycles. The van der Waals surface area contributed by atoms with E-state index >= 15 is 0 Å². The van der Waals surface area contributed by atoms with Gasteiger partial charge >= 0.3 is 5.69 Å². The van der Waals surface area contributed by atoms with Crippen molar-refractivity contribution in [3.05, 3.63) is 76.4 Å². The first-order valence-corrected chi connectivity index (χ1v) is 7.38. The Morgan fingerprint density at radius 3 is 2.24 bits per heavy atom. The Hall–Kier alpha value is -3.55. The zero-order valence-corrected chi connectivity index (χ0v) is 13.2. The van der Waals surface area contributed by atoms with Crippen LogP contribution in [0.1, 0.15) is 5.56 Å². The molecule has 0 saturated heterocycles. The topological polar surface area (TPSA) is 93.0 Å². The molecule has 0 bridgehead atoms. The van der Waals surface area contributed by atoms with Crippen molar-refractivity contribution in [3.8, 4) is 0 Å². The molecule has 0 aliphatic rings. The van der Waals surface area contributed by atoms with Crippen LogP contribution in [0.2, 0.25) is 0 Å². The fourth-order valence-electron chi connectivity index (χ4n) is 2.26. The second-order valence-corrected chi connectivity index (χ2v) is 5.30. The molecule has 0 unspecified atom stereocenters. The van der Waals surface area contributed by atoms with Gasteiger partial charge in [0.1, 0.15) is 12.1 Å². The number of aryl methyl sites for hydroxylation is 1. The Balaban J connectivity index is 1.96. The van der Waals surface area contributed by atoms with Crippen LogP contribution in [0.5, 0.6) is 0 Å². The average molecular weight is 339 g/mol. The number of nitrogens with one attached hydrogen (secondary N) is 2. The lowest BCUT2D eigenvalue weighted by molar-refractivity contribution is -0.383. The number of hydrogen-bond acceptors (Lipinski definition) is 6. The first-order valence-electron chi connectivity index (χ1n) is 7.38. The van der Waals surface area contributed by atoms with E-state index in [4.69, 9.17) is 0 Å². The van der Waals surface area contributed by atoms with Crippen molar-refractivity contribution in [2.45, 2.75) is 6.92 Å². The van der Waals surface area contributed by atoms with Gasteiger partial charge < -0.3 is 10.6 Å². The number of halogens is 1. The highest BCUT2D eigenvalue weighted by atomic mass is 19.1.